The van der Waals surface area contributed by atoms with E-state index in [4.69, 9.17) is 9.94 Å². The topological polar surface area (TPSA) is 66.8 Å². The number of amides is 1. The van der Waals surface area contributed by atoms with Gasteiger partial charge in [0.15, 0.2) is 11.5 Å². The van der Waals surface area contributed by atoms with Crippen molar-refractivity contribution in [1.82, 2.24) is 5.06 Å². The van der Waals surface area contributed by atoms with E-state index in [2.05, 4.69) is 0 Å². The number of hydrogen-bond donors (Lipinski definition) is 1. The molecule has 0 bridgehead atoms. The van der Waals surface area contributed by atoms with Crippen molar-refractivity contribution in [3.05, 3.63) is 29.8 Å². The lowest BCUT2D eigenvalue weighted by molar-refractivity contribution is -0.0315. The SMILES string of the molecule is CCN(Oc1ccc(C(C)=O)cc1)C(=O)O. The van der Waals surface area contributed by atoms with Gasteiger partial charge in [-0.2, -0.15) is 0 Å². The number of carbonyl (C=O) groups excluding carboxylic acids is 1. The standard InChI is InChI=1S/C11H13NO4/c1-3-12(11(14)15)16-10-6-4-9(5-7-10)8(2)13/h4-7H,3H2,1-2H3,(H,14,15). The lowest BCUT2D eigenvalue weighted by Gasteiger charge is -2.17. The number of hydrogen-bond acceptors (Lipinski definition) is 3. The van der Waals surface area contributed by atoms with Crippen molar-refractivity contribution >= 4 is 11.9 Å². The minimum absolute atomic E-state index is 0.0443. The van der Waals surface area contributed by atoms with Crippen molar-refractivity contribution in [3.63, 3.8) is 0 Å². The average molecular weight is 223 g/mol. The number of carbonyl (C=O) groups is 2. The van der Waals surface area contributed by atoms with Gasteiger partial charge in [0, 0.05) is 5.56 Å². The third kappa shape index (κ3) is 2.98. The van der Waals surface area contributed by atoms with Gasteiger partial charge in [-0.3, -0.25) is 4.79 Å². The molecule has 0 unspecified atom stereocenters. The van der Waals surface area contributed by atoms with Crippen LogP contribution in [0.2, 0.25) is 0 Å². The molecule has 86 valence electrons. The van der Waals surface area contributed by atoms with Crippen molar-refractivity contribution in [1.29, 1.82) is 0 Å². The van der Waals surface area contributed by atoms with Gasteiger partial charge >= 0.3 is 6.09 Å². The maximum absolute atomic E-state index is 11.0. The summed E-state index contributed by atoms with van der Waals surface area (Å²) in [7, 11) is 0. The predicted octanol–water partition coefficient (Wildman–Crippen LogP) is 2.18. The first-order valence-corrected chi connectivity index (χ1v) is 4.84. The number of benzene rings is 1. The summed E-state index contributed by atoms with van der Waals surface area (Å²) < 4.78 is 0. The first kappa shape index (κ1) is 12.0. The Labute approximate surface area is 93.2 Å². The predicted molar refractivity (Wildman–Crippen MR) is 57.5 cm³/mol. The molecule has 0 atom stereocenters. The molecule has 0 radical (unpaired) electrons. The van der Waals surface area contributed by atoms with Gasteiger partial charge in [-0.15, -0.1) is 5.06 Å². The van der Waals surface area contributed by atoms with E-state index in [9.17, 15) is 9.59 Å². The Bertz CT molecular complexity index is 385. The Morgan fingerprint density at radius 1 is 1.31 bits per heavy atom. The molecular formula is C11H13NO4. The normalized spacial score (nSPS) is 9.62. The van der Waals surface area contributed by atoms with Crippen molar-refractivity contribution < 1.29 is 19.5 Å². The molecule has 1 N–H and O–H groups in total. The molecule has 1 aromatic rings. The molecule has 0 spiro atoms. The summed E-state index contributed by atoms with van der Waals surface area (Å²) in [6.45, 7) is 3.35. The van der Waals surface area contributed by atoms with Gasteiger partial charge in [-0.25, -0.2) is 4.79 Å². The zero-order valence-corrected chi connectivity index (χ0v) is 9.14. The average Bonchev–Trinajstić information content (AvgIpc) is 2.26. The fourth-order valence-corrected chi connectivity index (χ4v) is 1.12. The Balaban J connectivity index is 2.75. The van der Waals surface area contributed by atoms with Gasteiger partial charge in [0.2, 0.25) is 0 Å². The molecule has 0 aromatic heterocycles. The van der Waals surface area contributed by atoms with E-state index in [1.807, 2.05) is 0 Å². The van der Waals surface area contributed by atoms with Crippen LogP contribution in [0, 0.1) is 0 Å². The zero-order valence-electron chi connectivity index (χ0n) is 9.14. The van der Waals surface area contributed by atoms with Gasteiger partial charge in [-0.1, -0.05) is 0 Å². The largest absolute Gasteiger partial charge is 0.463 e. The number of rotatable bonds is 4. The van der Waals surface area contributed by atoms with E-state index in [1.165, 1.54) is 6.92 Å². The highest BCUT2D eigenvalue weighted by molar-refractivity contribution is 5.94. The van der Waals surface area contributed by atoms with E-state index in [1.54, 1.807) is 31.2 Å². The maximum atomic E-state index is 11.0. The third-order valence-electron chi connectivity index (χ3n) is 1.98. The van der Waals surface area contributed by atoms with Gasteiger partial charge in [-0.05, 0) is 38.1 Å². The van der Waals surface area contributed by atoms with Crippen LogP contribution in [0.15, 0.2) is 24.3 Å². The van der Waals surface area contributed by atoms with Gasteiger partial charge < -0.3 is 9.94 Å². The summed E-state index contributed by atoms with van der Waals surface area (Å²) in [5, 5.41) is 9.53. The molecule has 0 saturated heterocycles. The van der Waals surface area contributed by atoms with Crippen molar-refractivity contribution in [2.45, 2.75) is 13.8 Å². The van der Waals surface area contributed by atoms with Crippen molar-refractivity contribution in [3.8, 4) is 5.75 Å². The summed E-state index contributed by atoms with van der Waals surface area (Å²) in [5.41, 5.74) is 0.561. The Morgan fingerprint density at radius 3 is 2.25 bits per heavy atom. The van der Waals surface area contributed by atoms with Crippen LogP contribution in [0.25, 0.3) is 0 Å². The van der Waals surface area contributed by atoms with Gasteiger partial charge in [0.05, 0.1) is 6.54 Å². The lowest BCUT2D eigenvalue weighted by atomic mass is 10.1. The second kappa shape index (κ2) is 5.16. The number of carboxylic acid groups (broad SMARTS) is 1. The second-order valence-electron chi connectivity index (χ2n) is 3.15. The van der Waals surface area contributed by atoms with Crippen LogP contribution in [0.1, 0.15) is 24.2 Å². The molecule has 0 aliphatic heterocycles. The third-order valence-corrected chi connectivity index (χ3v) is 1.98. The maximum Gasteiger partial charge on any atom is 0.440 e. The summed E-state index contributed by atoms with van der Waals surface area (Å²) >= 11 is 0. The van der Waals surface area contributed by atoms with Crippen molar-refractivity contribution in [2.75, 3.05) is 6.54 Å². The molecule has 5 heteroatoms. The Kier molecular flexibility index (Phi) is 3.88. The molecule has 1 rings (SSSR count). The Hall–Kier alpha value is -2.04. The molecule has 0 fully saturated rings. The molecule has 1 aromatic carbocycles. The highest BCUT2D eigenvalue weighted by Crippen LogP contribution is 2.13. The van der Waals surface area contributed by atoms with E-state index in [0.717, 1.165) is 5.06 Å². The molecular weight excluding hydrogens is 210 g/mol. The van der Waals surface area contributed by atoms with Crippen LogP contribution in [-0.4, -0.2) is 28.6 Å². The quantitative estimate of drug-likeness (QED) is 0.627. The first-order chi connectivity index (χ1) is 7.54. The van der Waals surface area contributed by atoms with E-state index < -0.39 is 6.09 Å². The van der Waals surface area contributed by atoms with E-state index in [0.29, 0.717) is 11.3 Å². The van der Waals surface area contributed by atoms with Crippen LogP contribution in [0.4, 0.5) is 4.79 Å². The molecule has 5 nitrogen and oxygen atoms in total. The minimum Gasteiger partial charge on any atom is -0.463 e. The number of Topliss-reactive ketones (excluding diaryl/α,β-unsaturated/α-hetero) is 1. The van der Waals surface area contributed by atoms with Crippen LogP contribution < -0.4 is 4.84 Å². The van der Waals surface area contributed by atoms with Crippen LogP contribution >= 0.6 is 0 Å². The zero-order chi connectivity index (χ0) is 12.1. The summed E-state index contributed by atoms with van der Waals surface area (Å²) in [5.74, 6) is 0.339. The molecule has 0 saturated carbocycles. The number of nitrogens with zero attached hydrogens (tertiary/aromatic N) is 1. The molecule has 16 heavy (non-hydrogen) atoms. The van der Waals surface area contributed by atoms with Crippen LogP contribution in [0.3, 0.4) is 0 Å². The lowest BCUT2D eigenvalue weighted by Crippen LogP contribution is -2.32. The highest BCUT2D eigenvalue weighted by Gasteiger charge is 2.11. The van der Waals surface area contributed by atoms with Crippen LogP contribution in [-0.2, 0) is 0 Å². The monoisotopic (exact) mass is 223 g/mol. The summed E-state index contributed by atoms with van der Waals surface area (Å²) in [4.78, 5) is 26.7. The van der Waals surface area contributed by atoms with E-state index >= 15 is 0 Å². The molecule has 0 aliphatic rings. The van der Waals surface area contributed by atoms with Gasteiger partial charge in [0.25, 0.3) is 0 Å². The second-order valence-corrected chi connectivity index (χ2v) is 3.15. The fourth-order valence-electron chi connectivity index (χ4n) is 1.12. The molecule has 1 amide bonds. The molecule has 0 aliphatic carbocycles. The number of ketones is 1. The highest BCUT2D eigenvalue weighted by atomic mass is 16.7. The summed E-state index contributed by atoms with van der Waals surface area (Å²) in [6.07, 6.45) is -1.15. The molecule has 0 heterocycles. The first-order valence-electron chi connectivity index (χ1n) is 4.84. The minimum atomic E-state index is -1.15. The van der Waals surface area contributed by atoms with Crippen LogP contribution in [0.5, 0.6) is 5.75 Å². The summed E-state index contributed by atoms with van der Waals surface area (Å²) in [6, 6.07) is 6.30. The van der Waals surface area contributed by atoms with Gasteiger partial charge in [0.1, 0.15) is 0 Å². The fraction of sp³-hybridized carbons (Fsp3) is 0.273. The smallest absolute Gasteiger partial charge is 0.440 e. The van der Waals surface area contributed by atoms with E-state index in [-0.39, 0.29) is 12.3 Å². The Morgan fingerprint density at radius 2 is 1.88 bits per heavy atom. The number of hydroxylamine groups is 2. The van der Waals surface area contributed by atoms with Crippen molar-refractivity contribution in [2.24, 2.45) is 0 Å².